The molecule has 0 N–H and O–H groups in total. The molecule has 206 valence electrons. The molecule has 0 atom stereocenters. The van der Waals surface area contributed by atoms with Gasteiger partial charge >= 0.3 is 0 Å². The van der Waals surface area contributed by atoms with Crippen LogP contribution in [0.2, 0.25) is 5.02 Å². The molecule has 3 heterocycles. The molecule has 39 heavy (non-hydrogen) atoms. The SMILES string of the molecule is O=C(c1ccc2c(c1)cc(C(=O)N1CCC(F)(F)CC1)n2-c1ccc(Cl)cc1)N1CCN(C2CCCC2)CC1. The number of fused-ring (bicyclic) bond motifs is 1. The van der Waals surface area contributed by atoms with E-state index in [1.54, 1.807) is 18.2 Å². The van der Waals surface area contributed by atoms with Crippen molar-refractivity contribution >= 4 is 34.3 Å². The minimum absolute atomic E-state index is 0.00451. The van der Waals surface area contributed by atoms with Gasteiger partial charge in [-0.25, -0.2) is 8.78 Å². The highest BCUT2D eigenvalue weighted by atomic mass is 35.5. The Balaban J connectivity index is 1.29. The van der Waals surface area contributed by atoms with E-state index in [4.69, 9.17) is 11.6 Å². The highest BCUT2D eigenvalue weighted by Crippen LogP contribution is 2.32. The lowest BCUT2D eigenvalue weighted by Crippen LogP contribution is -2.51. The first-order valence-corrected chi connectivity index (χ1v) is 14.3. The van der Waals surface area contributed by atoms with E-state index in [1.807, 2.05) is 39.8 Å². The van der Waals surface area contributed by atoms with Gasteiger partial charge < -0.3 is 14.4 Å². The van der Waals surface area contributed by atoms with Gasteiger partial charge in [-0.2, -0.15) is 0 Å². The molecular formula is C30H33ClF2N4O2. The van der Waals surface area contributed by atoms with Gasteiger partial charge in [0.2, 0.25) is 0 Å². The first-order chi connectivity index (χ1) is 18.8. The summed E-state index contributed by atoms with van der Waals surface area (Å²) in [6, 6.07) is 15.1. The zero-order chi connectivity index (χ0) is 27.1. The molecule has 2 saturated heterocycles. The first-order valence-electron chi connectivity index (χ1n) is 13.9. The smallest absolute Gasteiger partial charge is 0.270 e. The van der Waals surface area contributed by atoms with Crippen LogP contribution in [0.3, 0.4) is 0 Å². The summed E-state index contributed by atoms with van der Waals surface area (Å²) in [4.78, 5) is 33.0. The van der Waals surface area contributed by atoms with Crippen LogP contribution in [0.4, 0.5) is 8.78 Å². The Bertz CT molecular complexity index is 1370. The molecule has 3 fully saturated rings. The number of likely N-dealkylation sites (tertiary alicyclic amines) is 1. The second kappa shape index (κ2) is 10.5. The predicted molar refractivity (Wildman–Crippen MR) is 148 cm³/mol. The quantitative estimate of drug-likeness (QED) is 0.406. The Hall–Kier alpha value is -2.97. The second-order valence-electron chi connectivity index (χ2n) is 11.0. The first kappa shape index (κ1) is 26.3. The summed E-state index contributed by atoms with van der Waals surface area (Å²) in [6.45, 7) is 3.23. The molecule has 0 unspecified atom stereocenters. The van der Waals surface area contributed by atoms with E-state index >= 15 is 0 Å². The summed E-state index contributed by atoms with van der Waals surface area (Å²) in [5.41, 5.74) is 2.47. The highest BCUT2D eigenvalue weighted by Gasteiger charge is 2.37. The number of rotatable bonds is 4. The minimum atomic E-state index is -2.74. The number of alkyl halides is 2. The van der Waals surface area contributed by atoms with Gasteiger partial charge in [0, 0.05) is 79.8 Å². The van der Waals surface area contributed by atoms with Crippen molar-refractivity contribution in [3.05, 3.63) is 64.8 Å². The maximum atomic E-state index is 13.8. The fraction of sp³-hybridized carbons (Fsp3) is 0.467. The molecule has 6 nitrogen and oxygen atoms in total. The van der Waals surface area contributed by atoms with Gasteiger partial charge in [0.15, 0.2) is 0 Å². The van der Waals surface area contributed by atoms with Crippen LogP contribution < -0.4 is 0 Å². The lowest BCUT2D eigenvalue weighted by atomic mass is 10.1. The number of halogens is 3. The topological polar surface area (TPSA) is 48.8 Å². The van der Waals surface area contributed by atoms with E-state index in [9.17, 15) is 18.4 Å². The number of amides is 2. The van der Waals surface area contributed by atoms with E-state index in [2.05, 4.69) is 4.90 Å². The summed E-state index contributed by atoms with van der Waals surface area (Å²) in [6.07, 6.45) is 4.44. The molecule has 2 amide bonds. The summed E-state index contributed by atoms with van der Waals surface area (Å²) in [5, 5.41) is 1.33. The average molecular weight is 555 g/mol. The Kier molecular flexibility index (Phi) is 7.10. The van der Waals surface area contributed by atoms with Crippen LogP contribution in [0, 0.1) is 0 Å². The van der Waals surface area contributed by atoms with E-state index in [1.165, 1.54) is 30.6 Å². The van der Waals surface area contributed by atoms with Gasteiger partial charge in [0.05, 0.1) is 5.52 Å². The van der Waals surface area contributed by atoms with Crippen molar-refractivity contribution in [1.82, 2.24) is 19.3 Å². The molecule has 1 aliphatic carbocycles. The van der Waals surface area contributed by atoms with Crippen molar-refractivity contribution in [2.24, 2.45) is 0 Å². The molecule has 2 aliphatic heterocycles. The Morgan fingerprint density at radius 1 is 0.795 bits per heavy atom. The predicted octanol–water partition coefficient (Wildman–Crippen LogP) is 5.86. The van der Waals surface area contributed by atoms with Crippen LogP contribution in [0.5, 0.6) is 0 Å². The van der Waals surface area contributed by atoms with Gasteiger partial charge in [-0.05, 0) is 61.4 Å². The van der Waals surface area contributed by atoms with Crippen LogP contribution in [0.15, 0.2) is 48.5 Å². The molecule has 0 radical (unpaired) electrons. The van der Waals surface area contributed by atoms with Crippen LogP contribution in [0.25, 0.3) is 16.6 Å². The molecule has 3 aromatic rings. The van der Waals surface area contributed by atoms with E-state index in [0.717, 1.165) is 29.7 Å². The van der Waals surface area contributed by atoms with Gasteiger partial charge in [-0.3, -0.25) is 14.5 Å². The Morgan fingerprint density at radius 3 is 2.10 bits per heavy atom. The third kappa shape index (κ3) is 5.29. The van der Waals surface area contributed by atoms with Gasteiger partial charge in [-0.15, -0.1) is 0 Å². The lowest BCUT2D eigenvalue weighted by Gasteiger charge is -2.38. The van der Waals surface area contributed by atoms with Crippen LogP contribution >= 0.6 is 11.6 Å². The number of nitrogens with zero attached hydrogens (tertiary/aromatic N) is 4. The molecule has 1 aromatic heterocycles. The standard InChI is InChI=1S/C30H33ClF2N4O2/c31-23-6-8-25(9-7-23)37-26-10-5-21(28(38)36-17-15-34(16-18-36)24-3-1-2-4-24)19-22(26)20-27(37)29(39)35-13-11-30(32,33)12-14-35/h5-10,19-20,24H,1-4,11-18H2. The summed E-state index contributed by atoms with van der Waals surface area (Å²) in [7, 11) is 0. The summed E-state index contributed by atoms with van der Waals surface area (Å²) >= 11 is 6.12. The number of hydrogen-bond acceptors (Lipinski definition) is 3. The number of aromatic nitrogens is 1. The normalized spacial score (nSPS) is 20.6. The van der Waals surface area contributed by atoms with Crippen LogP contribution in [0.1, 0.15) is 59.4 Å². The molecule has 0 bridgehead atoms. The second-order valence-corrected chi connectivity index (χ2v) is 11.5. The number of piperazine rings is 1. The number of piperidine rings is 1. The van der Waals surface area contributed by atoms with Crippen molar-refractivity contribution in [3.8, 4) is 5.69 Å². The van der Waals surface area contributed by atoms with E-state index in [-0.39, 0.29) is 37.7 Å². The zero-order valence-corrected chi connectivity index (χ0v) is 22.7. The third-order valence-electron chi connectivity index (χ3n) is 8.58. The molecule has 9 heteroatoms. The minimum Gasteiger partial charge on any atom is -0.337 e. The lowest BCUT2D eigenvalue weighted by molar-refractivity contribution is -0.0495. The number of carbonyl (C=O) groups is 2. The molecule has 1 saturated carbocycles. The van der Waals surface area contributed by atoms with Crippen molar-refractivity contribution in [3.63, 3.8) is 0 Å². The third-order valence-corrected chi connectivity index (χ3v) is 8.83. The number of benzene rings is 2. The molecular weight excluding hydrogens is 522 g/mol. The summed E-state index contributed by atoms with van der Waals surface area (Å²) < 4.78 is 29.4. The average Bonchev–Trinajstić information content (AvgIpc) is 3.61. The Morgan fingerprint density at radius 2 is 1.44 bits per heavy atom. The van der Waals surface area contributed by atoms with Gasteiger partial charge in [-0.1, -0.05) is 24.4 Å². The molecule has 2 aromatic carbocycles. The molecule has 3 aliphatic rings. The fourth-order valence-electron chi connectivity index (χ4n) is 6.32. The van der Waals surface area contributed by atoms with Crippen LogP contribution in [-0.2, 0) is 0 Å². The van der Waals surface area contributed by atoms with E-state index < -0.39 is 5.92 Å². The molecule has 0 spiro atoms. The molecule has 6 rings (SSSR count). The number of carbonyl (C=O) groups excluding carboxylic acids is 2. The van der Waals surface area contributed by atoms with Crippen molar-refractivity contribution in [2.75, 3.05) is 39.3 Å². The van der Waals surface area contributed by atoms with Crippen molar-refractivity contribution < 1.29 is 18.4 Å². The highest BCUT2D eigenvalue weighted by molar-refractivity contribution is 6.30. The Labute approximate surface area is 232 Å². The van der Waals surface area contributed by atoms with Crippen molar-refractivity contribution in [2.45, 2.75) is 50.5 Å². The maximum Gasteiger partial charge on any atom is 0.270 e. The van der Waals surface area contributed by atoms with E-state index in [0.29, 0.717) is 35.4 Å². The maximum absolute atomic E-state index is 13.8. The van der Waals surface area contributed by atoms with Gasteiger partial charge in [0.25, 0.3) is 17.7 Å². The summed E-state index contributed by atoms with van der Waals surface area (Å²) in [5.74, 6) is -3.04. The number of hydrogen-bond donors (Lipinski definition) is 0. The monoisotopic (exact) mass is 554 g/mol. The van der Waals surface area contributed by atoms with Crippen LogP contribution in [-0.4, -0.2) is 82.3 Å². The zero-order valence-electron chi connectivity index (χ0n) is 21.9. The van der Waals surface area contributed by atoms with Crippen molar-refractivity contribution in [1.29, 1.82) is 0 Å². The van der Waals surface area contributed by atoms with Gasteiger partial charge in [0.1, 0.15) is 5.69 Å². The fourth-order valence-corrected chi connectivity index (χ4v) is 6.44. The largest absolute Gasteiger partial charge is 0.337 e.